The fraction of sp³-hybridized carbons (Fsp3) is 0.500. The Morgan fingerprint density at radius 3 is 2.80 bits per heavy atom. The van der Waals surface area contributed by atoms with Gasteiger partial charge in [-0.25, -0.2) is 0 Å². The van der Waals surface area contributed by atoms with E-state index in [9.17, 15) is 4.79 Å². The Kier molecular flexibility index (Phi) is 6.75. The van der Waals surface area contributed by atoms with Crippen LogP contribution >= 0.6 is 0 Å². The number of anilines is 1. The van der Waals surface area contributed by atoms with Crippen LogP contribution in [0.15, 0.2) is 24.3 Å². The molecule has 1 N–H and O–H groups in total. The van der Waals surface area contributed by atoms with E-state index in [0.29, 0.717) is 23.7 Å². The van der Waals surface area contributed by atoms with Crippen molar-refractivity contribution in [2.24, 2.45) is 0 Å². The number of amides is 1. The molecular weight excluding hydrogens is 250 g/mol. The van der Waals surface area contributed by atoms with Crippen LogP contribution in [0.1, 0.15) is 39.2 Å². The lowest BCUT2D eigenvalue weighted by Gasteiger charge is -2.26. The summed E-state index contributed by atoms with van der Waals surface area (Å²) in [5.74, 6) is -0.0122. The van der Waals surface area contributed by atoms with Gasteiger partial charge in [-0.05, 0) is 38.1 Å². The summed E-state index contributed by atoms with van der Waals surface area (Å²) < 4.78 is 0. The van der Waals surface area contributed by atoms with Gasteiger partial charge in [-0.1, -0.05) is 19.9 Å². The van der Waals surface area contributed by atoms with Gasteiger partial charge in [0.15, 0.2) is 0 Å². The van der Waals surface area contributed by atoms with Gasteiger partial charge in [0.2, 0.25) is 5.91 Å². The summed E-state index contributed by atoms with van der Waals surface area (Å²) in [5, 5.41) is 11.7. The van der Waals surface area contributed by atoms with E-state index in [4.69, 9.17) is 5.26 Å². The Labute approximate surface area is 121 Å². The number of hydrogen-bond donors (Lipinski definition) is 1. The molecule has 0 aromatic heterocycles. The molecule has 108 valence electrons. The quantitative estimate of drug-likeness (QED) is 0.831. The predicted octanol–water partition coefficient (Wildman–Crippen LogP) is 3.01. The molecule has 1 amide bonds. The standard InChI is InChI=1S/C16H23N3O/c1-4-13(3)19(5-2)10-9-16(20)18-15-8-6-7-14(11-15)12-17/h6-8,11,13H,4-5,9-10H2,1-3H3,(H,18,20). The lowest BCUT2D eigenvalue weighted by Crippen LogP contribution is -2.35. The molecule has 1 aromatic rings. The van der Waals surface area contributed by atoms with E-state index < -0.39 is 0 Å². The summed E-state index contributed by atoms with van der Waals surface area (Å²) in [6.07, 6.45) is 1.55. The van der Waals surface area contributed by atoms with Crippen molar-refractivity contribution in [3.8, 4) is 6.07 Å². The molecule has 0 bridgehead atoms. The summed E-state index contributed by atoms with van der Waals surface area (Å²) in [6, 6.07) is 9.53. The maximum absolute atomic E-state index is 11.9. The van der Waals surface area contributed by atoms with E-state index in [1.165, 1.54) is 0 Å². The molecule has 0 fully saturated rings. The Balaban J connectivity index is 2.49. The molecule has 20 heavy (non-hydrogen) atoms. The maximum atomic E-state index is 11.9. The van der Waals surface area contributed by atoms with Crippen molar-refractivity contribution in [3.63, 3.8) is 0 Å². The van der Waals surface area contributed by atoms with Gasteiger partial charge in [0, 0.05) is 24.7 Å². The highest BCUT2D eigenvalue weighted by Crippen LogP contribution is 2.10. The van der Waals surface area contributed by atoms with Crippen LogP contribution in [0.25, 0.3) is 0 Å². The fourth-order valence-electron chi connectivity index (χ4n) is 2.08. The Hall–Kier alpha value is -1.86. The summed E-state index contributed by atoms with van der Waals surface area (Å²) in [7, 11) is 0. The van der Waals surface area contributed by atoms with Crippen molar-refractivity contribution in [1.29, 1.82) is 5.26 Å². The van der Waals surface area contributed by atoms with Gasteiger partial charge in [-0.2, -0.15) is 5.26 Å². The largest absolute Gasteiger partial charge is 0.326 e. The SMILES string of the molecule is CCC(C)N(CC)CCC(=O)Nc1cccc(C#N)c1. The zero-order valence-corrected chi connectivity index (χ0v) is 12.5. The highest BCUT2D eigenvalue weighted by molar-refractivity contribution is 5.90. The second-order valence-electron chi connectivity index (χ2n) is 4.88. The van der Waals surface area contributed by atoms with Crippen molar-refractivity contribution in [2.75, 3.05) is 18.4 Å². The summed E-state index contributed by atoms with van der Waals surface area (Å²) in [4.78, 5) is 14.2. The van der Waals surface area contributed by atoms with Crippen molar-refractivity contribution >= 4 is 11.6 Å². The van der Waals surface area contributed by atoms with Crippen LogP contribution in [0.5, 0.6) is 0 Å². The van der Waals surface area contributed by atoms with E-state index in [2.05, 4.69) is 37.1 Å². The third-order valence-corrected chi connectivity index (χ3v) is 3.52. The van der Waals surface area contributed by atoms with E-state index in [-0.39, 0.29) is 5.91 Å². The number of benzene rings is 1. The molecule has 0 heterocycles. The first-order valence-electron chi connectivity index (χ1n) is 7.14. The second kappa shape index (κ2) is 8.34. The van der Waals surface area contributed by atoms with Crippen LogP contribution in [0.2, 0.25) is 0 Å². The molecule has 0 saturated carbocycles. The molecule has 0 spiro atoms. The average Bonchev–Trinajstić information content (AvgIpc) is 2.47. The van der Waals surface area contributed by atoms with Crippen LogP contribution in [-0.4, -0.2) is 29.9 Å². The highest BCUT2D eigenvalue weighted by atomic mass is 16.1. The van der Waals surface area contributed by atoms with Gasteiger partial charge in [0.05, 0.1) is 11.6 Å². The predicted molar refractivity (Wildman–Crippen MR) is 81.4 cm³/mol. The van der Waals surface area contributed by atoms with Gasteiger partial charge in [-0.15, -0.1) is 0 Å². The van der Waals surface area contributed by atoms with Gasteiger partial charge < -0.3 is 10.2 Å². The van der Waals surface area contributed by atoms with E-state index >= 15 is 0 Å². The van der Waals surface area contributed by atoms with Crippen LogP contribution in [0.4, 0.5) is 5.69 Å². The smallest absolute Gasteiger partial charge is 0.225 e. The number of hydrogen-bond acceptors (Lipinski definition) is 3. The molecule has 4 heteroatoms. The van der Waals surface area contributed by atoms with Crippen molar-refractivity contribution in [3.05, 3.63) is 29.8 Å². The minimum Gasteiger partial charge on any atom is -0.326 e. The molecule has 1 rings (SSSR count). The lowest BCUT2D eigenvalue weighted by atomic mass is 10.2. The number of nitrogens with zero attached hydrogens (tertiary/aromatic N) is 2. The third-order valence-electron chi connectivity index (χ3n) is 3.52. The minimum atomic E-state index is -0.0122. The third kappa shape index (κ3) is 5.02. The number of nitrogens with one attached hydrogen (secondary N) is 1. The minimum absolute atomic E-state index is 0.0122. The van der Waals surface area contributed by atoms with Gasteiger partial charge in [0.1, 0.15) is 0 Å². The van der Waals surface area contributed by atoms with Crippen LogP contribution < -0.4 is 5.32 Å². The Morgan fingerprint density at radius 1 is 1.45 bits per heavy atom. The second-order valence-corrected chi connectivity index (χ2v) is 4.88. The topological polar surface area (TPSA) is 56.1 Å². The van der Waals surface area contributed by atoms with Crippen molar-refractivity contribution in [1.82, 2.24) is 4.90 Å². The van der Waals surface area contributed by atoms with E-state index in [1.807, 2.05) is 0 Å². The van der Waals surface area contributed by atoms with Crippen LogP contribution in [-0.2, 0) is 4.79 Å². The maximum Gasteiger partial charge on any atom is 0.225 e. The number of rotatable bonds is 7. The first kappa shape index (κ1) is 16.2. The van der Waals surface area contributed by atoms with Crippen LogP contribution in [0, 0.1) is 11.3 Å². The highest BCUT2D eigenvalue weighted by Gasteiger charge is 2.12. The molecule has 0 radical (unpaired) electrons. The van der Waals surface area contributed by atoms with Crippen LogP contribution in [0.3, 0.4) is 0 Å². The normalized spacial score (nSPS) is 11.9. The first-order chi connectivity index (χ1) is 9.60. The van der Waals surface area contributed by atoms with Gasteiger partial charge >= 0.3 is 0 Å². The van der Waals surface area contributed by atoms with Crippen molar-refractivity contribution < 1.29 is 4.79 Å². The summed E-state index contributed by atoms with van der Waals surface area (Å²) in [5.41, 5.74) is 1.23. The summed E-state index contributed by atoms with van der Waals surface area (Å²) in [6.45, 7) is 8.15. The zero-order chi connectivity index (χ0) is 15.0. The number of nitriles is 1. The van der Waals surface area contributed by atoms with E-state index in [0.717, 1.165) is 19.5 Å². The molecule has 0 saturated heterocycles. The molecule has 0 aliphatic carbocycles. The fourth-order valence-corrected chi connectivity index (χ4v) is 2.08. The molecule has 1 atom stereocenters. The number of carbonyl (C=O) groups is 1. The van der Waals surface area contributed by atoms with Gasteiger partial charge in [-0.3, -0.25) is 4.79 Å². The van der Waals surface area contributed by atoms with Crippen molar-refractivity contribution in [2.45, 2.75) is 39.7 Å². The molecular formula is C16H23N3O. The molecule has 4 nitrogen and oxygen atoms in total. The number of carbonyl (C=O) groups excluding carboxylic acids is 1. The lowest BCUT2D eigenvalue weighted by molar-refractivity contribution is -0.116. The first-order valence-corrected chi connectivity index (χ1v) is 7.14. The zero-order valence-electron chi connectivity index (χ0n) is 12.5. The molecule has 1 aromatic carbocycles. The monoisotopic (exact) mass is 273 g/mol. The van der Waals surface area contributed by atoms with Gasteiger partial charge in [0.25, 0.3) is 0 Å². The summed E-state index contributed by atoms with van der Waals surface area (Å²) >= 11 is 0. The average molecular weight is 273 g/mol. The molecule has 1 unspecified atom stereocenters. The Bertz CT molecular complexity index is 479. The Morgan fingerprint density at radius 2 is 2.20 bits per heavy atom. The molecule has 0 aliphatic rings. The van der Waals surface area contributed by atoms with E-state index in [1.54, 1.807) is 24.3 Å². The molecule has 0 aliphatic heterocycles.